The molecule has 1 heterocycles. The summed E-state index contributed by atoms with van der Waals surface area (Å²) in [7, 11) is 0. The van der Waals surface area contributed by atoms with E-state index in [-0.39, 0.29) is 11.3 Å². The highest BCUT2D eigenvalue weighted by Crippen LogP contribution is 2.39. The van der Waals surface area contributed by atoms with Gasteiger partial charge in [-0.2, -0.15) is 5.26 Å². The highest BCUT2D eigenvalue weighted by molar-refractivity contribution is 8.01. The Morgan fingerprint density at radius 1 is 1.18 bits per heavy atom. The van der Waals surface area contributed by atoms with E-state index in [4.69, 9.17) is 11.6 Å². The van der Waals surface area contributed by atoms with Crippen molar-refractivity contribution in [3.63, 3.8) is 0 Å². The zero-order valence-electron chi connectivity index (χ0n) is 16.7. The van der Waals surface area contributed by atoms with E-state index in [0.29, 0.717) is 25.5 Å². The van der Waals surface area contributed by atoms with Crippen LogP contribution in [0.5, 0.6) is 0 Å². The van der Waals surface area contributed by atoms with Gasteiger partial charge >= 0.3 is 0 Å². The fourth-order valence-electron chi connectivity index (χ4n) is 2.89. The number of hydrogen-bond donors (Lipinski definition) is 1. The van der Waals surface area contributed by atoms with Gasteiger partial charge in [-0.1, -0.05) is 41.6 Å². The van der Waals surface area contributed by atoms with Crippen LogP contribution < -0.4 is 5.32 Å². The lowest BCUT2D eigenvalue weighted by molar-refractivity contribution is -0.387. The second-order valence-electron chi connectivity index (χ2n) is 6.66. The molecule has 0 unspecified atom stereocenters. The predicted octanol–water partition coefficient (Wildman–Crippen LogP) is 6.55. The van der Waals surface area contributed by atoms with Gasteiger partial charge in [-0.15, -0.1) is 11.3 Å². The summed E-state index contributed by atoms with van der Waals surface area (Å²) in [5.41, 5.74) is 1.34. The number of nitro benzene ring substituents is 1. The van der Waals surface area contributed by atoms with E-state index in [1.165, 1.54) is 35.2 Å². The van der Waals surface area contributed by atoms with Crippen molar-refractivity contribution in [1.82, 2.24) is 4.98 Å². The Bertz CT molecular complexity index is 1410. The van der Waals surface area contributed by atoms with Crippen molar-refractivity contribution in [2.45, 2.75) is 9.24 Å². The van der Waals surface area contributed by atoms with Crippen LogP contribution in [0.3, 0.4) is 0 Å². The third kappa shape index (κ3) is 5.38. The van der Waals surface area contributed by atoms with Gasteiger partial charge in [0.15, 0.2) is 4.34 Å². The molecule has 162 valence electrons. The molecule has 0 saturated carbocycles. The number of benzene rings is 3. The minimum Gasteiger partial charge on any atom is -0.321 e. The number of para-hydroxylation sites is 1. The summed E-state index contributed by atoms with van der Waals surface area (Å²) in [6.45, 7) is 0. The molecule has 1 N–H and O–H groups in total. The highest BCUT2D eigenvalue weighted by Gasteiger charge is 2.18. The third-order valence-electron chi connectivity index (χ3n) is 4.43. The van der Waals surface area contributed by atoms with Crippen LogP contribution in [0.1, 0.15) is 5.56 Å². The molecule has 0 aliphatic rings. The number of carbonyl (C=O) groups is 1. The van der Waals surface area contributed by atoms with Crippen LogP contribution in [0.25, 0.3) is 16.3 Å². The quantitative estimate of drug-likeness (QED) is 0.141. The van der Waals surface area contributed by atoms with Crippen LogP contribution in [-0.2, 0) is 4.79 Å². The first kappa shape index (κ1) is 22.5. The number of aromatic nitrogens is 1. The minimum atomic E-state index is -0.629. The molecule has 4 rings (SSSR count). The van der Waals surface area contributed by atoms with E-state index in [2.05, 4.69) is 10.3 Å². The van der Waals surface area contributed by atoms with Gasteiger partial charge in [0.2, 0.25) is 0 Å². The minimum absolute atomic E-state index is 0.136. The van der Waals surface area contributed by atoms with Crippen LogP contribution in [0.4, 0.5) is 11.4 Å². The van der Waals surface area contributed by atoms with Gasteiger partial charge in [-0.3, -0.25) is 14.9 Å². The molecular formula is C23H13ClN4O3S2. The normalized spacial score (nSPS) is 11.2. The molecule has 0 aliphatic heterocycles. The van der Waals surface area contributed by atoms with Crippen LogP contribution in [0.2, 0.25) is 5.02 Å². The summed E-state index contributed by atoms with van der Waals surface area (Å²) in [5.74, 6) is -0.629. The molecule has 1 amide bonds. The van der Waals surface area contributed by atoms with Gasteiger partial charge in [0.05, 0.1) is 20.0 Å². The molecule has 33 heavy (non-hydrogen) atoms. The van der Waals surface area contributed by atoms with Gasteiger partial charge in [-0.25, -0.2) is 4.98 Å². The Kier molecular flexibility index (Phi) is 6.70. The average Bonchev–Trinajstić information content (AvgIpc) is 3.22. The molecule has 0 aliphatic carbocycles. The lowest BCUT2D eigenvalue weighted by Crippen LogP contribution is -2.13. The average molecular weight is 493 g/mol. The summed E-state index contributed by atoms with van der Waals surface area (Å²) in [6.07, 6.45) is 1.31. The number of rotatable bonds is 6. The van der Waals surface area contributed by atoms with E-state index in [1.54, 1.807) is 36.4 Å². The summed E-state index contributed by atoms with van der Waals surface area (Å²) in [4.78, 5) is 28.6. The lowest BCUT2D eigenvalue weighted by Gasteiger charge is -2.05. The number of carbonyl (C=O) groups excluding carboxylic acids is 1. The highest BCUT2D eigenvalue weighted by atomic mass is 35.5. The molecule has 0 radical (unpaired) electrons. The molecule has 0 spiro atoms. The molecule has 0 fully saturated rings. The summed E-state index contributed by atoms with van der Waals surface area (Å²) in [6, 6.07) is 20.4. The molecule has 0 saturated heterocycles. The zero-order valence-corrected chi connectivity index (χ0v) is 19.1. The largest absolute Gasteiger partial charge is 0.321 e. The molecule has 0 atom stereocenters. The number of thiazole rings is 1. The van der Waals surface area contributed by atoms with Gasteiger partial charge in [0.25, 0.3) is 11.6 Å². The first-order valence-electron chi connectivity index (χ1n) is 9.43. The fraction of sp³-hybridized carbons (Fsp3) is 0. The molecule has 0 bridgehead atoms. The second-order valence-corrected chi connectivity index (χ2v) is 9.42. The van der Waals surface area contributed by atoms with Crippen molar-refractivity contribution < 1.29 is 9.72 Å². The Hall–Kier alpha value is -3.71. The van der Waals surface area contributed by atoms with Crippen molar-refractivity contribution in [2.24, 2.45) is 0 Å². The SMILES string of the molecule is N#C/C(=C\c1ccc(Sc2nc3ccccc3s2)c([N+](=O)[O-])c1)C(=O)Nc1ccc(Cl)cc1. The maximum absolute atomic E-state index is 12.5. The monoisotopic (exact) mass is 492 g/mol. The first-order valence-corrected chi connectivity index (χ1v) is 11.4. The molecular weight excluding hydrogens is 480 g/mol. The van der Waals surface area contributed by atoms with Gasteiger partial charge in [-0.05, 0) is 54.1 Å². The number of nitrogens with one attached hydrogen (secondary N) is 1. The first-order chi connectivity index (χ1) is 15.9. The molecule has 4 aromatic rings. The Balaban J connectivity index is 1.59. The number of hydrogen-bond acceptors (Lipinski definition) is 7. The smallest absolute Gasteiger partial charge is 0.283 e. The van der Waals surface area contributed by atoms with Crippen LogP contribution >= 0.6 is 34.7 Å². The summed E-state index contributed by atoms with van der Waals surface area (Å²) >= 11 is 8.48. The maximum Gasteiger partial charge on any atom is 0.283 e. The molecule has 7 nitrogen and oxygen atoms in total. The van der Waals surface area contributed by atoms with Crippen molar-refractivity contribution in [1.29, 1.82) is 5.26 Å². The molecule has 1 aromatic heterocycles. The Morgan fingerprint density at radius 2 is 1.94 bits per heavy atom. The molecule has 3 aromatic carbocycles. The van der Waals surface area contributed by atoms with Crippen molar-refractivity contribution in [3.05, 3.63) is 93.0 Å². The number of nitrogens with zero attached hydrogens (tertiary/aromatic N) is 3. The van der Waals surface area contributed by atoms with E-state index in [9.17, 15) is 20.2 Å². The number of nitro groups is 1. The third-order valence-corrected chi connectivity index (χ3v) is 6.84. The van der Waals surface area contributed by atoms with E-state index < -0.39 is 10.8 Å². The topological polar surface area (TPSA) is 109 Å². The number of anilines is 1. The van der Waals surface area contributed by atoms with E-state index >= 15 is 0 Å². The summed E-state index contributed by atoms with van der Waals surface area (Å²) < 4.78 is 1.68. The van der Waals surface area contributed by atoms with Gasteiger partial charge in [0.1, 0.15) is 11.6 Å². The second kappa shape index (κ2) is 9.83. The van der Waals surface area contributed by atoms with Crippen molar-refractivity contribution in [2.75, 3.05) is 5.32 Å². The van der Waals surface area contributed by atoms with Crippen LogP contribution in [0.15, 0.2) is 81.5 Å². The maximum atomic E-state index is 12.5. The van der Waals surface area contributed by atoms with Crippen molar-refractivity contribution in [3.8, 4) is 6.07 Å². The van der Waals surface area contributed by atoms with Gasteiger partial charge in [0, 0.05) is 16.8 Å². The Morgan fingerprint density at radius 3 is 2.64 bits per heavy atom. The number of amides is 1. The van der Waals surface area contributed by atoms with Crippen LogP contribution in [0, 0.1) is 21.4 Å². The predicted molar refractivity (Wildman–Crippen MR) is 131 cm³/mol. The lowest BCUT2D eigenvalue weighted by atomic mass is 10.1. The van der Waals surface area contributed by atoms with Crippen LogP contribution in [-0.4, -0.2) is 15.8 Å². The Labute approximate surface area is 201 Å². The summed E-state index contributed by atoms with van der Waals surface area (Å²) in [5, 5.41) is 24.2. The standard InChI is InChI=1S/C23H13ClN4O3S2/c24-16-6-8-17(9-7-16)26-22(29)15(13-25)11-14-5-10-21(19(12-14)28(30)31)33-23-27-18-3-1-2-4-20(18)32-23/h1-12H,(H,26,29)/b15-11+. The zero-order chi connectivity index (χ0) is 23.4. The van der Waals surface area contributed by atoms with E-state index in [0.717, 1.165) is 10.2 Å². The van der Waals surface area contributed by atoms with E-state index in [1.807, 2.05) is 30.3 Å². The van der Waals surface area contributed by atoms with Crippen molar-refractivity contribution >= 4 is 68.3 Å². The number of nitriles is 1. The van der Waals surface area contributed by atoms with Gasteiger partial charge < -0.3 is 5.32 Å². The number of halogens is 1. The number of fused-ring (bicyclic) bond motifs is 1. The fourth-order valence-corrected chi connectivity index (χ4v) is 5.12. The molecule has 10 heteroatoms.